The lowest BCUT2D eigenvalue weighted by atomic mass is 10.6. The number of hydrogen-bond donors (Lipinski definition) is 3. The van der Waals surface area contributed by atoms with Crippen molar-refractivity contribution >= 4 is 10.1 Å². The maximum absolute atomic E-state index is 9.56. The molecule has 0 rings (SSSR count). The van der Waals surface area contributed by atoms with Crippen molar-refractivity contribution in [2.75, 3.05) is 12.3 Å². The van der Waals surface area contributed by atoms with Gasteiger partial charge in [-0.05, 0) is 13.1 Å². The fourth-order valence-electron chi connectivity index (χ4n) is 0.0786. The first kappa shape index (κ1) is 13.0. The summed E-state index contributed by atoms with van der Waals surface area (Å²) < 4.78 is 26.9. The van der Waals surface area contributed by atoms with E-state index >= 15 is 0 Å². The molecule has 0 fully saturated rings. The molecule has 5 N–H and O–H groups in total. The van der Waals surface area contributed by atoms with Crippen molar-refractivity contribution in [3.05, 3.63) is 12.3 Å². The van der Waals surface area contributed by atoms with Crippen LogP contribution in [0.1, 0.15) is 6.92 Å². The quantitative estimate of drug-likeness (QED) is 0.490. The fraction of sp³-hybridized carbons (Fsp3) is 0.600. The molecule has 0 saturated carbocycles. The predicted molar refractivity (Wildman–Crippen MR) is 44.5 cm³/mol. The maximum atomic E-state index is 9.56. The van der Waals surface area contributed by atoms with E-state index in [1.807, 2.05) is 0 Å². The molecule has 0 bridgehead atoms. The summed E-state index contributed by atoms with van der Waals surface area (Å²) in [6.07, 6.45) is 3.11. The van der Waals surface area contributed by atoms with E-state index in [1.165, 1.54) is 13.1 Å². The van der Waals surface area contributed by atoms with Crippen LogP contribution in [-0.4, -0.2) is 25.3 Å². The summed E-state index contributed by atoms with van der Waals surface area (Å²) in [5, 5.41) is 0. The van der Waals surface area contributed by atoms with E-state index in [2.05, 4.69) is 0 Å². The average molecular weight is 182 g/mol. The van der Waals surface area contributed by atoms with Crippen LogP contribution in [-0.2, 0) is 10.1 Å². The molecule has 0 atom stereocenters. The molecule has 0 heterocycles. The molecule has 11 heavy (non-hydrogen) atoms. The lowest BCUT2D eigenvalue weighted by molar-refractivity contribution is 0.484. The smallest absolute Gasteiger partial charge is 0.264 e. The van der Waals surface area contributed by atoms with Crippen LogP contribution in [0.3, 0.4) is 0 Å². The molecule has 0 radical (unpaired) electrons. The van der Waals surface area contributed by atoms with Gasteiger partial charge in [0.2, 0.25) is 0 Å². The minimum absolute atomic E-state index is 0.201. The SMILES string of the molecule is CCS(=O)(=O)O.NC=CCN. The minimum Gasteiger partial charge on any atom is -0.405 e. The van der Waals surface area contributed by atoms with Gasteiger partial charge in [0, 0.05) is 6.54 Å². The van der Waals surface area contributed by atoms with Crippen molar-refractivity contribution in [2.45, 2.75) is 6.92 Å². The van der Waals surface area contributed by atoms with Crippen LogP contribution < -0.4 is 11.5 Å². The molecule has 68 valence electrons. The van der Waals surface area contributed by atoms with Crippen molar-refractivity contribution in [2.24, 2.45) is 11.5 Å². The van der Waals surface area contributed by atoms with Gasteiger partial charge < -0.3 is 11.5 Å². The molecule has 0 aliphatic heterocycles. The Morgan fingerprint density at radius 1 is 1.55 bits per heavy atom. The van der Waals surface area contributed by atoms with Gasteiger partial charge >= 0.3 is 0 Å². The van der Waals surface area contributed by atoms with Gasteiger partial charge in [-0.25, -0.2) is 0 Å². The zero-order chi connectivity index (χ0) is 9.33. The van der Waals surface area contributed by atoms with E-state index in [0.717, 1.165) is 0 Å². The Kier molecular flexibility index (Phi) is 8.91. The van der Waals surface area contributed by atoms with Gasteiger partial charge in [-0.1, -0.05) is 6.08 Å². The van der Waals surface area contributed by atoms with Crippen LogP contribution in [0.5, 0.6) is 0 Å². The standard InChI is InChI=1S/C3H8N2.C2H6O3S/c4-2-1-3-5;1-2-6(3,4)5/h1-2H,3-5H2;2H2,1H3,(H,3,4,5). The molecule has 0 aromatic heterocycles. The van der Waals surface area contributed by atoms with Gasteiger partial charge in [0.05, 0.1) is 5.75 Å². The van der Waals surface area contributed by atoms with Crippen molar-refractivity contribution in [1.82, 2.24) is 0 Å². The molecular weight excluding hydrogens is 168 g/mol. The monoisotopic (exact) mass is 182 g/mol. The third-order valence-electron chi connectivity index (χ3n) is 0.637. The Hall–Kier alpha value is -0.590. The molecular formula is C5H14N2O3S. The minimum atomic E-state index is -3.66. The van der Waals surface area contributed by atoms with E-state index in [9.17, 15) is 8.42 Å². The second-order valence-electron chi connectivity index (χ2n) is 1.53. The molecule has 0 aromatic carbocycles. The molecule has 0 aromatic rings. The summed E-state index contributed by atoms with van der Waals surface area (Å²) >= 11 is 0. The van der Waals surface area contributed by atoms with Crippen LogP contribution >= 0.6 is 0 Å². The van der Waals surface area contributed by atoms with Crippen LogP contribution in [0.15, 0.2) is 12.3 Å². The zero-order valence-corrected chi connectivity index (χ0v) is 7.21. The first-order valence-corrected chi connectivity index (χ1v) is 4.60. The number of nitrogens with two attached hydrogens (primary N) is 2. The summed E-state index contributed by atoms with van der Waals surface area (Å²) in [4.78, 5) is 0. The fourth-order valence-corrected chi connectivity index (χ4v) is 0.0786. The second-order valence-corrected chi connectivity index (χ2v) is 3.28. The van der Waals surface area contributed by atoms with Crippen molar-refractivity contribution in [3.63, 3.8) is 0 Å². The number of rotatable bonds is 2. The second kappa shape index (κ2) is 7.52. The van der Waals surface area contributed by atoms with E-state index < -0.39 is 10.1 Å². The van der Waals surface area contributed by atoms with Gasteiger partial charge in [-0.3, -0.25) is 4.55 Å². The topological polar surface area (TPSA) is 106 Å². The van der Waals surface area contributed by atoms with E-state index in [0.29, 0.717) is 6.54 Å². The van der Waals surface area contributed by atoms with Gasteiger partial charge in [0.15, 0.2) is 0 Å². The molecule has 5 nitrogen and oxygen atoms in total. The van der Waals surface area contributed by atoms with Gasteiger partial charge in [0.1, 0.15) is 0 Å². The summed E-state index contributed by atoms with van der Waals surface area (Å²) in [6.45, 7) is 1.91. The molecule has 0 amide bonds. The van der Waals surface area contributed by atoms with Gasteiger partial charge in [-0.15, -0.1) is 0 Å². The Morgan fingerprint density at radius 3 is 1.91 bits per heavy atom. The highest BCUT2D eigenvalue weighted by Gasteiger charge is 1.93. The predicted octanol–water partition coefficient (Wildman–Crippen LogP) is -0.688. The van der Waals surface area contributed by atoms with Crippen molar-refractivity contribution < 1.29 is 13.0 Å². The van der Waals surface area contributed by atoms with Crippen LogP contribution in [0, 0.1) is 0 Å². The third-order valence-corrected chi connectivity index (χ3v) is 1.37. The van der Waals surface area contributed by atoms with E-state index in [4.69, 9.17) is 16.0 Å². The molecule has 0 aliphatic carbocycles. The normalized spacial score (nSPS) is 10.8. The highest BCUT2D eigenvalue weighted by atomic mass is 32.2. The maximum Gasteiger partial charge on any atom is 0.264 e. The highest BCUT2D eigenvalue weighted by molar-refractivity contribution is 7.85. The van der Waals surface area contributed by atoms with Crippen LogP contribution in [0.25, 0.3) is 0 Å². The first-order valence-electron chi connectivity index (χ1n) is 2.99. The van der Waals surface area contributed by atoms with Crippen molar-refractivity contribution in [1.29, 1.82) is 0 Å². The van der Waals surface area contributed by atoms with Crippen molar-refractivity contribution in [3.8, 4) is 0 Å². The number of hydrogen-bond acceptors (Lipinski definition) is 4. The Morgan fingerprint density at radius 2 is 1.91 bits per heavy atom. The Bertz CT molecular complexity index is 186. The van der Waals surface area contributed by atoms with Crippen LogP contribution in [0.2, 0.25) is 0 Å². The molecule has 0 aliphatic rings. The summed E-state index contributed by atoms with van der Waals surface area (Å²) in [5.74, 6) is -0.201. The Labute approximate surface area is 66.8 Å². The Balaban J connectivity index is 0. The lowest BCUT2D eigenvalue weighted by Crippen LogP contribution is -1.97. The first-order chi connectivity index (χ1) is 4.97. The largest absolute Gasteiger partial charge is 0.405 e. The average Bonchev–Trinajstić information content (AvgIpc) is 1.90. The third kappa shape index (κ3) is 26.6. The summed E-state index contributed by atoms with van der Waals surface area (Å²) in [5.41, 5.74) is 9.85. The highest BCUT2D eigenvalue weighted by Crippen LogP contribution is 1.74. The van der Waals surface area contributed by atoms with Crippen LogP contribution in [0.4, 0.5) is 0 Å². The molecule has 6 heteroatoms. The molecule has 0 saturated heterocycles. The summed E-state index contributed by atoms with van der Waals surface area (Å²) in [6, 6.07) is 0. The molecule has 0 spiro atoms. The van der Waals surface area contributed by atoms with Gasteiger partial charge in [0.25, 0.3) is 10.1 Å². The van der Waals surface area contributed by atoms with E-state index in [1.54, 1.807) is 6.08 Å². The molecule has 0 unspecified atom stereocenters. The lowest BCUT2D eigenvalue weighted by Gasteiger charge is -1.79. The van der Waals surface area contributed by atoms with E-state index in [-0.39, 0.29) is 5.75 Å². The zero-order valence-electron chi connectivity index (χ0n) is 6.40. The summed E-state index contributed by atoms with van der Waals surface area (Å²) in [7, 11) is -3.66. The van der Waals surface area contributed by atoms with Gasteiger partial charge in [-0.2, -0.15) is 8.42 Å².